The minimum Gasteiger partial charge on any atom is -0.548 e. The van der Waals surface area contributed by atoms with Crippen LogP contribution in [0.1, 0.15) is 23.2 Å². The van der Waals surface area contributed by atoms with Crippen LogP contribution in [0.2, 0.25) is 0 Å². The molecule has 0 radical (unpaired) electrons. The molecule has 1 atom stereocenters. The van der Waals surface area contributed by atoms with Crippen molar-refractivity contribution >= 4 is 11.9 Å². The van der Waals surface area contributed by atoms with Gasteiger partial charge in [-0.1, -0.05) is 12.1 Å². The van der Waals surface area contributed by atoms with Crippen molar-refractivity contribution in [1.82, 2.24) is 4.90 Å². The molecule has 1 unspecified atom stereocenters. The number of carbonyl (C=O) groups excluding carboxylic acids is 2. The number of carboxylic acids is 1. The Kier molecular flexibility index (Phi) is 3.08. The zero-order chi connectivity index (χ0) is 12.4. The molecule has 1 heterocycles. The number of likely N-dealkylation sites (tertiary alicyclic amines) is 1. The summed E-state index contributed by atoms with van der Waals surface area (Å²) in [5.41, 5.74) is -0.0966. The molecule has 4 nitrogen and oxygen atoms in total. The van der Waals surface area contributed by atoms with Crippen LogP contribution < -0.4 is 5.11 Å². The largest absolute Gasteiger partial charge is 0.548 e. The first-order valence-corrected chi connectivity index (χ1v) is 5.37. The molecule has 2 rings (SSSR count). The van der Waals surface area contributed by atoms with Crippen LogP contribution in [-0.2, 0) is 4.79 Å². The van der Waals surface area contributed by atoms with Gasteiger partial charge in [0.25, 0.3) is 5.91 Å². The molecule has 1 amide bonds. The number of rotatable bonds is 2. The van der Waals surface area contributed by atoms with Crippen LogP contribution in [0.25, 0.3) is 0 Å². The molecular formula is C12H11FNO3-. The normalized spacial score (nSPS) is 19.4. The smallest absolute Gasteiger partial charge is 0.257 e. The number of hydrogen-bond acceptors (Lipinski definition) is 3. The van der Waals surface area contributed by atoms with E-state index in [-0.39, 0.29) is 5.56 Å². The van der Waals surface area contributed by atoms with Gasteiger partial charge in [0.1, 0.15) is 5.82 Å². The number of nitrogens with zero attached hydrogens (tertiary/aromatic N) is 1. The predicted octanol–water partition coefficient (Wildman–Crippen LogP) is 0.180. The van der Waals surface area contributed by atoms with Gasteiger partial charge in [0.2, 0.25) is 0 Å². The Morgan fingerprint density at radius 3 is 2.71 bits per heavy atom. The summed E-state index contributed by atoms with van der Waals surface area (Å²) < 4.78 is 13.4. The number of carboxylic acid groups (broad SMARTS) is 1. The van der Waals surface area contributed by atoms with Crippen molar-refractivity contribution in [1.29, 1.82) is 0 Å². The monoisotopic (exact) mass is 236 g/mol. The lowest BCUT2D eigenvalue weighted by molar-refractivity contribution is -0.310. The van der Waals surface area contributed by atoms with Crippen LogP contribution in [0.4, 0.5) is 4.39 Å². The first kappa shape index (κ1) is 11.6. The summed E-state index contributed by atoms with van der Waals surface area (Å²) in [6.07, 6.45) is 0.960. The molecule has 1 fully saturated rings. The van der Waals surface area contributed by atoms with Gasteiger partial charge >= 0.3 is 0 Å². The minimum absolute atomic E-state index is 0.0966. The summed E-state index contributed by atoms with van der Waals surface area (Å²) in [5, 5.41) is 10.8. The molecule has 17 heavy (non-hydrogen) atoms. The minimum atomic E-state index is -1.29. The molecule has 1 aromatic rings. The molecule has 0 aromatic heterocycles. The van der Waals surface area contributed by atoms with Crippen LogP contribution in [0.3, 0.4) is 0 Å². The zero-order valence-corrected chi connectivity index (χ0v) is 9.06. The van der Waals surface area contributed by atoms with E-state index in [2.05, 4.69) is 0 Å². The van der Waals surface area contributed by atoms with Gasteiger partial charge in [-0.3, -0.25) is 4.79 Å². The number of hydrogen-bond donors (Lipinski definition) is 0. The first-order valence-electron chi connectivity index (χ1n) is 5.37. The third-order valence-corrected chi connectivity index (χ3v) is 2.89. The van der Waals surface area contributed by atoms with Crippen molar-refractivity contribution in [2.24, 2.45) is 0 Å². The Labute approximate surface area is 97.7 Å². The molecule has 1 saturated heterocycles. The van der Waals surface area contributed by atoms with Gasteiger partial charge in [0, 0.05) is 6.54 Å². The quantitative estimate of drug-likeness (QED) is 0.736. The van der Waals surface area contributed by atoms with Crippen molar-refractivity contribution in [3.8, 4) is 0 Å². The lowest BCUT2D eigenvalue weighted by Gasteiger charge is -2.25. The van der Waals surface area contributed by atoms with Crippen LogP contribution in [0.5, 0.6) is 0 Å². The van der Waals surface area contributed by atoms with E-state index in [9.17, 15) is 19.1 Å². The van der Waals surface area contributed by atoms with Crippen LogP contribution in [0, 0.1) is 5.82 Å². The van der Waals surface area contributed by atoms with Gasteiger partial charge in [-0.25, -0.2) is 4.39 Å². The topological polar surface area (TPSA) is 60.4 Å². The van der Waals surface area contributed by atoms with Gasteiger partial charge in [-0.05, 0) is 25.0 Å². The summed E-state index contributed by atoms with van der Waals surface area (Å²) in [7, 11) is 0. The zero-order valence-electron chi connectivity index (χ0n) is 9.06. The van der Waals surface area contributed by atoms with Gasteiger partial charge in [0.05, 0.1) is 17.6 Å². The summed E-state index contributed by atoms with van der Waals surface area (Å²) in [6, 6.07) is 4.61. The molecule has 0 spiro atoms. The van der Waals surface area contributed by atoms with Crippen LogP contribution in [-0.4, -0.2) is 29.4 Å². The molecule has 90 valence electrons. The highest BCUT2D eigenvalue weighted by atomic mass is 19.1. The summed E-state index contributed by atoms with van der Waals surface area (Å²) in [4.78, 5) is 24.0. The molecule has 0 N–H and O–H groups in total. The van der Waals surface area contributed by atoms with Gasteiger partial charge in [-0.2, -0.15) is 0 Å². The van der Waals surface area contributed by atoms with E-state index in [0.717, 1.165) is 4.90 Å². The Bertz CT molecular complexity index is 461. The third-order valence-electron chi connectivity index (χ3n) is 2.89. The van der Waals surface area contributed by atoms with Gasteiger partial charge < -0.3 is 14.8 Å². The molecule has 0 bridgehead atoms. The maximum atomic E-state index is 13.4. The Hall–Kier alpha value is -1.91. The molecule has 1 aliphatic rings. The van der Waals surface area contributed by atoms with Crippen LogP contribution >= 0.6 is 0 Å². The second kappa shape index (κ2) is 4.53. The summed E-state index contributed by atoms with van der Waals surface area (Å²) in [6.45, 7) is 0.325. The SMILES string of the molecule is O=C([O-])C1CCCN1C(=O)c1ccccc1F. The second-order valence-corrected chi connectivity index (χ2v) is 3.96. The maximum Gasteiger partial charge on any atom is 0.257 e. The highest BCUT2D eigenvalue weighted by molar-refractivity contribution is 5.96. The number of halogens is 1. The van der Waals surface area contributed by atoms with Crippen molar-refractivity contribution in [2.75, 3.05) is 6.54 Å². The van der Waals surface area contributed by atoms with E-state index in [1.165, 1.54) is 18.2 Å². The van der Waals surface area contributed by atoms with E-state index in [0.29, 0.717) is 19.4 Å². The fourth-order valence-electron chi connectivity index (χ4n) is 2.04. The number of aliphatic carboxylic acids is 1. The van der Waals surface area contributed by atoms with Crippen molar-refractivity contribution in [2.45, 2.75) is 18.9 Å². The Morgan fingerprint density at radius 2 is 2.06 bits per heavy atom. The lowest BCUT2D eigenvalue weighted by Crippen LogP contribution is -2.47. The first-order chi connectivity index (χ1) is 8.11. The van der Waals surface area contributed by atoms with E-state index in [1.54, 1.807) is 6.07 Å². The van der Waals surface area contributed by atoms with Crippen LogP contribution in [0.15, 0.2) is 24.3 Å². The molecule has 0 aliphatic carbocycles. The standard InChI is InChI=1S/C12H12FNO3/c13-9-5-2-1-4-8(9)11(15)14-7-3-6-10(14)12(16)17/h1-2,4-5,10H,3,6-7H2,(H,16,17)/p-1. The predicted molar refractivity (Wildman–Crippen MR) is 55.5 cm³/mol. The summed E-state index contributed by atoms with van der Waals surface area (Å²) in [5.74, 6) is -2.51. The molecule has 5 heteroatoms. The van der Waals surface area contributed by atoms with Gasteiger partial charge in [-0.15, -0.1) is 0 Å². The van der Waals surface area contributed by atoms with Crippen molar-refractivity contribution < 1.29 is 19.1 Å². The Balaban J connectivity index is 2.26. The molecule has 1 aromatic carbocycles. The third kappa shape index (κ3) is 2.13. The highest BCUT2D eigenvalue weighted by Crippen LogP contribution is 2.20. The van der Waals surface area contributed by atoms with Crippen molar-refractivity contribution in [3.05, 3.63) is 35.6 Å². The Morgan fingerprint density at radius 1 is 1.35 bits per heavy atom. The molecular weight excluding hydrogens is 225 g/mol. The highest BCUT2D eigenvalue weighted by Gasteiger charge is 2.31. The van der Waals surface area contributed by atoms with E-state index in [1.807, 2.05) is 0 Å². The number of carbonyl (C=O) groups is 2. The maximum absolute atomic E-state index is 13.4. The van der Waals surface area contributed by atoms with E-state index in [4.69, 9.17) is 0 Å². The number of benzene rings is 1. The fourth-order valence-corrected chi connectivity index (χ4v) is 2.04. The summed E-state index contributed by atoms with van der Waals surface area (Å²) >= 11 is 0. The van der Waals surface area contributed by atoms with Gasteiger partial charge in [0.15, 0.2) is 0 Å². The number of amides is 1. The van der Waals surface area contributed by atoms with E-state index < -0.39 is 23.7 Å². The van der Waals surface area contributed by atoms with Crippen molar-refractivity contribution in [3.63, 3.8) is 0 Å². The lowest BCUT2D eigenvalue weighted by atomic mass is 10.1. The second-order valence-electron chi connectivity index (χ2n) is 3.96. The molecule has 1 aliphatic heterocycles. The fraction of sp³-hybridized carbons (Fsp3) is 0.333. The average molecular weight is 236 g/mol. The average Bonchev–Trinajstić information content (AvgIpc) is 2.77. The molecule has 0 saturated carbocycles. The van der Waals surface area contributed by atoms with E-state index >= 15 is 0 Å².